The SMILES string of the molecule is CCOC(=O)c1ccc(N(C)CCNC(=O)C(C)=O)cc1. The Kier molecular flexibility index (Phi) is 6.39. The van der Waals surface area contributed by atoms with Gasteiger partial charge in [-0.25, -0.2) is 4.79 Å². The number of carbonyl (C=O) groups is 3. The number of ether oxygens (including phenoxy) is 1. The molecule has 0 saturated carbocycles. The van der Waals surface area contributed by atoms with Gasteiger partial charge in [0.25, 0.3) is 5.91 Å². The second kappa shape index (κ2) is 8.04. The molecule has 1 aromatic rings. The Morgan fingerprint density at radius 2 is 1.81 bits per heavy atom. The van der Waals surface area contributed by atoms with E-state index in [-0.39, 0.29) is 5.97 Å². The molecule has 1 aromatic carbocycles. The number of benzene rings is 1. The van der Waals surface area contributed by atoms with Crippen LogP contribution in [0, 0.1) is 0 Å². The van der Waals surface area contributed by atoms with Gasteiger partial charge < -0.3 is 15.0 Å². The Bertz CT molecular complexity index is 511. The number of anilines is 1. The fourth-order valence-corrected chi connectivity index (χ4v) is 1.66. The van der Waals surface area contributed by atoms with Crippen molar-refractivity contribution in [2.24, 2.45) is 0 Å². The van der Waals surface area contributed by atoms with Gasteiger partial charge in [-0.2, -0.15) is 0 Å². The van der Waals surface area contributed by atoms with Crippen LogP contribution in [0.1, 0.15) is 24.2 Å². The highest BCUT2D eigenvalue weighted by molar-refractivity contribution is 6.35. The van der Waals surface area contributed by atoms with E-state index < -0.39 is 11.7 Å². The van der Waals surface area contributed by atoms with Crippen molar-refractivity contribution in [1.82, 2.24) is 5.32 Å². The van der Waals surface area contributed by atoms with E-state index in [1.165, 1.54) is 6.92 Å². The van der Waals surface area contributed by atoms with E-state index in [0.29, 0.717) is 25.3 Å². The lowest BCUT2D eigenvalue weighted by atomic mass is 10.2. The van der Waals surface area contributed by atoms with Crippen LogP contribution in [0.5, 0.6) is 0 Å². The van der Waals surface area contributed by atoms with Gasteiger partial charge in [0, 0.05) is 32.7 Å². The first-order chi connectivity index (χ1) is 9.95. The lowest BCUT2D eigenvalue weighted by molar-refractivity contribution is -0.136. The summed E-state index contributed by atoms with van der Waals surface area (Å²) in [6.07, 6.45) is 0. The number of nitrogens with one attached hydrogen (secondary N) is 1. The second-order valence-electron chi connectivity index (χ2n) is 4.50. The Morgan fingerprint density at radius 3 is 2.33 bits per heavy atom. The van der Waals surface area contributed by atoms with Gasteiger partial charge in [-0.3, -0.25) is 9.59 Å². The van der Waals surface area contributed by atoms with Crippen LogP contribution in [0.25, 0.3) is 0 Å². The molecule has 0 bridgehead atoms. The van der Waals surface area contributed by atoms with Gasteiger partial charge in [-0.15, -0.1) is 0 Å². The number of amides is 1. The number of ketones is 1. The van der Waals surface area contributed by atoms with Gasteiger partial charge in [0.05, 0.1) is 12.2 Å². The van der Waals surface area contributed by atoms with Crippen LogP contribution in [0.4, 0.5) is 5.69 Å². The summed E-state index contributed by atoms with van der Waals surface area (Å²) in [5, 5.41) is 2.52. The summed E-state index contributed by atoms with van der Waals surface area (Å²) in [6.45, 7) is 4.26. The van der Waals surface area contributed by atoms with Crippen molar-refractivity contribution in [3.05, 3.63) is 29.8 Å². The first-order valence-corrected chi connectivity index (χ1v) is 6.72. The van der Waals surface area contributed by atoms with Crippen molar-refractivity contribution in [3.8, 4) is 0 Å². The van der Waals surface area contributed by atoms with E-state index in [2.05, 4.69) is 5.32 Å². The lowest BCUT2D eigenvalue weighted by Crippen LogP contribution is -2.35. The van der Waals surface area contributed by atoms with Crippen LogP contribution in [-0.2, 0) is 14.3 Å². The zero-order chi connectivity index (χ0) is 15.8. The molecule has 6 nitrogen and oxygen atoms in total. The van der Waals surface area contributed by atoms with Crippen molar-refractivity contribution in [2.75, 3.05) is 31.6 Å². The average Bonchev–Trinajstić information content (AvgIpc) is 2.47. The molecule has 0 unspecified atom stereocenters. The molecular weight excluding hydrogens is 272 g/mol. The molecule has 0 aliphatic rings. The topological polar surface area (TPSA) is 75.7 Å². The molecule has 0 spiro atoms. The Hall–Kier alpha value is -2.37. The molecule has 0 heterocycles. The summed E-state index contributed by atoms with van der Waals surface area (Å²) in [5.74, 6) is -1.43. The summed E-state index contributed by atoms with van der Waals surface area (Å²) in [4.78, 5) is 35.3. The van der Waals surface area contributed by atoms with Crippen molar-refractivity contribution < 1.29 is 19.1 Å². The third-order valence-electron chi connectivity index (χ3n) is 2.87. The van der Waals surface area contributed by atoms with E-state index in [9.17, 15) is 14.4 Å². The van der Waals surface area contributed by atoms with Gasteiger partial charge in [0.15, 0.2) is 0 Å². The zero-order valence-electron chi connectivity index (χ0n) is 12.5. The van der Waals surface area contributed by atoms with Crippen LogP contribution in [0.15, 0.2) is 24.3 Å². The van der Waals surface area contributed by atoms with Crippen LogP contribution >= 0.6 is 0 Å². The van der Waals surface area contributed by atoms with Crippen LogP contribution in [0.2, 0.25) is 0 Å². The summed E-state index contributed by atoms with van der Waals surface area (Å²) in [5.41, 5.74) is 1.40. The van der Waals surface area contributed by atoms with E-state index >= 15 is 0 Å². The van der Waals surface area contributed by atoms with Gasteiger partial charge in [0.2, 0.25) is 5.78 Å². The molecule has 114 valence electrons. The molecule has 1 N–H and O–H groups in total. The molecule has 1 rings (SSSR count). The average molecular weight is 292 g/mol. The minimum absolute atomic E-state index is 0.344. The lowest BCUT2D eigenvalue weighted by Gasteiger charge is -2.19. The van der Waals surface area contributed by atoms with Crippen molar-refractivity contribution in [1.29, 1.82) is 0 Å². The van der Waals surface area contributed by atoms with E-state index in [4.69, 9.17) is 4.74 Å². The Labute approximate surface area is 124 Å². The molecule has 0 fully saturated rings. The summed E-state index contributed by atoms with van der Waals surface area (Å²) >= 11 is 0. The minimum Gasteiger partial charge on any atom is -0.462 e. The molecule has 1 amide bonds. The summed E-state index contributed by atoms with van der Waals surface area (Å²) in [7, 11) is 1.86. The molecule has 0 atom stereocenters. The highest BCUT2D eigenvalue weighted by atomic mass is 16.5. The maximum absolute atomic E-state index is 11.5. The second-order valence-corrected chi connectivity index (χ2v) is 4.50. The number of nitrogens with zero attached hydrogens (tertiary/aromatic N) is 1. The number of hydrogen-bond donors (Lipinski definition) is 1. The van der Waals surface area contributed by atoms with Crippen molar-refractivity contribution in [3.63, 3.8) is 0 Å². The predicted octanol–water partition coefficient (Wildman–Crippen LogP) is 1.00. The normalized spacial score (nSPS) is 9.86. The molecule has 0 aliphatic carbocycles. The van der Waals surface area contributed by atoms with E-state index in [1.54, 1.807) is 31.2 Å². The quantitative estimate of drug-likeness (QED) is 0.599. The maximum atomic E-state index is 11.5. The van der Waals surface area contributed by atoms with Crippen LogP contribution < -0.4 is 10.2 Å². The summed E-state index contributed by atoms with van der Waals surface area (Å²) in [6, 6.07) is 6.99. The summed E-state index contributed by atoms with van der Waals surface area (Å²) < 4.78 is 4.91. The molecule has 0 aromatic heterocycles. The van der Waals surface area contributed by atoms with E-state index in [1.807, 2.05) is 11.9 Å². The molecule has 21 heavy (non-hydrogen) atoms. The number of esters is 1. The zero-order valence-corrected chi connectivity index (χ0v) is 12.5. The standard InChI is InChI=1S/C15H20N2O4/c1-4-21-15(20)12-5-7-13(8-6-12)17(3)10-9-16-14(19)11(2)18/h5-8H,4,9-10H2,1-3H3,(H,16,19). The van der Waals surface area contributed by atoms with Gasteiger partial charge in [0.1, 0.15) is 0 Å². The minimum atomic E-state index is -0.582. The van der Waals surface area contributed by atoms with Gasteiger partial charge in [-0.1, -0.05) is 0 Å². The number of likely N-dealkylation sites (N-methyl/N-ethyl adjacent to an activating group) is 1. The van der Waals surface area contributed by atoms with Crippen LogP contribution in [0.3, 0.4) is 0 Å². The molecule has 6 heteroatoms. The Balaban J connectivity index is 2.51. The largest absolute Gasteiger partial charge is 0.462 e. The maximum Gasteiger partial charge on any atom is 0.338 e. The van der Waals surface area contributed by atoms with Crippen molar-refractivity contribution in [2.45, 2.75) is 13.8 Å². The smallest absolute Gasteiger partial charge is 0.338 e. The number of hydrogen-bond acceptors (Lipinski definition) is 5. The van der Waals surface area contributed by atoms with Gasteiger partial charge >= 0.3 is 5.97 Å². The fraction of sp³-hybridized carbons (Fsp3) is 0.400. The highest BCUT2D eigenvalue weighted by Crippen LogP contribution is 2.14. The van der Waals surface area contributed by atoms with Crippen LogP contribution in [-0.4, -0.2) is 44.4 Å². The Morgan fingerprint density at radius 1 is 1.19 bits per heavy atom. The molecule has 0 saturated heterocycles. The van der Waals surface area contributed by atoms with Crippen molar-refractivity contribution >= 4 is 23.3 Å². The number of rotatable bonds is 7. The number of Topliss-reactive ketones (excluding diaryl/α,β-unsaturated/α-hetero) is 1. The highest BCUT2D eigenvalue weighted by Gasteiger charge is 2.09. The first-order valence-electron chi connectivity index (χ1n) is 6.72. The predicted molar refractivity (Wildman–Crippen MR) is 79.4 cm³/mol. The molecule has 0 aliphatic heterocycles. The fourth-order valence-electron chi connectivity index (χ4n) is 1.66. The van der Waals surface area contributed by atoms with Gasteiger partial charge in [-0.05, 0) is 31.2 Å². The number of carbonyl (C=O) groups excluding carboxylic acids is 3. The van der Waals surface area contributed by atoms with E-state index in [0.717, 1.165) is 5.69 Å². The molecule has 0 radical (unpaired) electrons. The molecular formula is C15H20N2O4. The third-order valence-corrected chi connectivity index (χ3v) is 2.87. The third kappa shape index (κ3) is 5.25. The monoisotopic (exact) mass is 292 g/mol. The first kappa shape index (κ1) is 16.7.